The molecule has 0 bridgehead atoms. The molecule has 0 saturated carbocycles. The Morgan fingerprint density at radius 3 is 2.10 bits per heavy atom. The molecule has 0 aliphatic heterocycles. The van der Waals surface area contributed by atoms with Crippen LogP contribution in [0.2, 0.25) is 0 Å². The van der Waals surface area contributed by atoms with Crippen molar-refractivity contribution in [1.82, 2.24) is 0 Å². The molecule has 2 heteroatoms. The summed E-state index contributed by atoms with van der Waals surface area (Å²) in [6.45, 7) is 10.3. The average molecular weight is 146 g/mol. The van der Waals surface area contributed by atoms with E-state index in [4.69, 9.17) is 9.47 Å². The van der Waals surface area contributed by atoms with Crippen molar-refractivity contribution in [2.75, 3.05) is 19.8 Å². The third-order valence-corrected chi connectivity index (χ3v) is 0.967. The van der Waals surface area contributed by atoms with Crippen molar-refractivity contribution in [3.63, 3.8) is 0 Å². The summed E-state index contributed by atoms with van der Waals surface area (Å²) in [6, 6.07) is 0. The summed E-state index contributed by atoms with van der Waals surface area (Å²) >= 11 is 0. The molecular formula is C8H18O2. The highest BCUT2D eigenvalue weighted by atomic mass is 16.5. The molecule has 10 heavy (non-hydrogen) atoms. The summed E-state index contributed by atoms with van der Waals surface area (Å²) in [7, 11) is 0. The molecule has 0 N–H and O–H groups in total. The van der Waals surface area contributed by atoms with E-state index in [2.05, 4.69) is 0 Å². The lowest BCUT2D eigenvalue weighted by Gasteiger charge is -2.19. The van der Waals surface area contributed by atoms with E-state index in [0.717, 1.165) is 6.61 Å². The van der Waals surface area contributed by atoms with Crippen LogP contribution >= 0.6 is 0 Å². The van der Waals surface area contributed by atoms with Crippen molar-refractivity contribution >= 4 is 0 Å². The van der Waals surface area contributed by atoms with Gasteiger partial charge < -0.3 is 9.47 Å². The summed E-state index contributed by atoms with van der Waals surface area (Å²) < 4.78 is 10.5. The molecule has 0 aromatic rings. The van der Waals surface area contributed by atoms with Gasteiger partial charge in [0.15, 0.2) is 0 Å². The zero-order valence-electron chi connectivity index (χ0n) is 7.44. The molecule has 0 heterocycles. The molecule has 0 aromatic heterocycles. The maximum Gasteiger partial charge on any atom is 0.0707 e. The van der Waals surface area contributed by atoms with Gasteiger partial charge in [-0.1, -0.05) is 0 Å². The lowest BCUT2D eigenvalue weighted by molar-refractivity contribution is -0.0331. The Bertz CT molecular complexity index is 73.8. The normalized spacial score (nSPS) is 12.0. The fraction of sp³-hybridized carbons (Fsp3) is 1.00. The standard InChI is InChI=1S/C8H18O2/c1-5-9-6-7-10-8(2,3)4/h5-7H2,1-4H3. The largest absolute Gasteiger partial charge is 0.379 e. The molecule has 62 valence electrons. The Kier molecular flexibility index (Phi) is 4.65. The Labute approximate surface area is 63.5 Å². The predicted molar refractivity (Wildman–Crippen MR) is 42.2 cm³/mol. The molecule has 0 aliphatic carbocycles. The van der Waals surface area contributed by atoms with Gasteiger partial charge in [-0.15, -0.1) is 0 Å². The second-order valence-corrected chi connectivity index (χ2v) is 3.16. The van der Waals surface area contributed by atoms with Crippen molar-refractivity contribution in [3.05, 3.63) is 0 Å². The van der Waals surface area contributed by atoms with E-state index in [1.807, 2.05) is 27.7 Å². The smallest absolute Gasteiger partial charge is 0.0707 e. The zero-order chi connectivity index (χ0) is 8.04. The molecule has 0 rings (SSSR count). The van der Waals surface area contributed by atoms with Crippen molar-refractivity contribution in [1.29, 1.82) is 0 Å². The van der Waals surface area contributed by atoms with Crippen LogP contribution in [0.1, 0.15) is 27.7 Å². The number of hydrogen-bond donors (Lipinski definition) is 0. The van der Waals surface area contributed by atoms with E-state index >= 15 is 0 Å². The van der Waals surface area contributed by atoms with Crippen LogP contribution in [-0.4, -0.2) is 25.4 Å². The van der Waals surface area contributed by atoms with Gasteiger partial charge in [0, 0.05) is 6.61 Å². The second-order valence-electron chi connectivity index (χ2n) is 3.16. The molecule has 0 amide bonds. The Balaban J connectivity index is 3.04. The first-order valence-electron chi connectivity index (χ1n) is 3.78. The van der Waals surface area contributed by atoms with Crippen LogP contribution in [0, 0.1) is 0 Å². The van der Waals surface area contributed by atoms with Gasteiger partial charge in [0.1, 0.15) is 0 Å². The van der Waals surface area contributed by atoms with E-state index < -0.39 is 0 Å². The minimum Gasteiger partial charge on any atom is -0.379 e. The highest BCUT2D eigenvalue weighted by molar-refractivity contribution is 4.57. The molecule has 0 aliphatic rings. The van der Waals surface area contributed by atoms with Crippen LogP contribution in [-0.2, 0) is 9.47 Å². The van der Waals surface area contributed by atoms with E-state index in [1.54, 1.807) is 0 Å². The van der Waals surface area contributed by atoms with Gasteiger partial charge in [-0.2, -0.15) is 0 Å². The zero-order valence-corrected chi connectivity index (χ0v) is 7.44. The second kappa shape index (κ2) is 4.69. The summed E-state index contributed by atoms with van der Waals surface area (Å²) in [5.74, 6) is 0. The molecule has 0 saturated heterocycles. The first-order chi connectivity index (χ1) is 4.56. The van der Waals surface area contributed by atoms with Crippen molar-refractivity contribution in [2.45, 2.75) is 33.3 Å². The van der Waals surface area contributed by atoms with Gasteiger partial charge in [-0.05, 0) is 27.7 Å². The fourth-order valence-electron chi connectivity index (χ4n) is 0.551. The number of ether oxygens (including phenoxy) is 2. The highest BCUT2D eigenvalue weighted by Gasteiger charge is 2.08. The molecule has 0 unspecified atom stereocenters. The SMILES string of the molecule is CCOCCOC(C)(C)C. The molecule has 0 radical (unpaired) electrons. The van der Waals surface area contributed by atoms with Crippen LogP contribution < -0.4 is 0 Å². The predicted octanol–water partition coefficient (Wildman–Crippen LogP) is 1.84. The van der Waals surface area contributed by atoms with Gasteiger partial charge in [-0.25, -0.2) is 0 Å². The molecule has 0 atom stereocenters. The summed E-state index contributed by atoms with van der Waals surface area (Å²) in [5.41, 5.74) is -0.0307. The van der Waals surface area contributed by atoms with Crippen LogP contribution in [0.5, 0.6) is 0 Å². The Morgan fingerprint density at radius 2 is 1.70 bits per heavy atom. The lowest BCUT2D eigenvalue weighted by atomic mass is 10.2. The lowest BCUT2D eigenvalue weighted by Crippen LogP contribution is -2.21. The van der Waals surface area contributed by atoms with E-state index in [-0.39, 0.29) is 5.60 Å². The molecule has 0 fully saturated rings. The average Bonchev–Trinajstić information content (AvgIpc) is 1.78. The monoisotopic (exact) mass is 146 g/mol. The fourth-order valence-corrected chi connectivity index (χ4v) is 0.551. The van der Waals surface area contributed by atoms with Gasteiger partial charge >= 0.3 is 0 Å². The number of hydrogen-bond acceptors (Lipinski definition) is 2. The minimum absolute atomic E-state index is 0.0307. The third-order valence-electron chi connectivity index (χ3n) is 0.967. The van der Waals surface area contributed by atoms with Crippen molar-refractivity contribution in [2.24, 2.45) is 0 Å². The van der Waals surface area contributed by atoms with Crippen LogP contribution in [0.4, 0.5) is 0 Å². The van der Waals surface area contributed by atoms with Gasteiger partial charge in [0.05, 0.1) is 18.8 Å². The van der Waals surface area contributed by atoms with Crippen LogP contribution in [0.25, 0.3) is 0 Å². The van der Waals surface area contributed by atoms with Gasteiger partial charge in [0.2, 0.25) is 0 Å². The summed E-state index contributed by atoms with van der Waals surface area (Å²) in [5, 5.41) is 0. The van der Waals surface area contributed by atoms with E-state index in [1.165, 1.54) is 0 Å². The summed E-state index contributed by atoms with van der Waals surface area (Å²) in [4.78, 5) is 0. The Hall–Kier alpha value is -0.0800. The molecule has 0 spiro atoms. The first kappa shape index (κ1) is 9.92. The quantitative estimate of drug-likeness (QED) is 0.563. The molecular weight excluding hydrogens is 128 g/mol. The van der Waals surface area contributed by atoms with Crippen molar-refractivity contribution in [3.8, 4) is 0 Å². The third kappa shape index (κ3) is 7.92. The topological polar surface area (TPSA) is 18.5 Å². The maximum atomic E-state index is 5.41. The number of rotatable bonds is 4. The molecule has 0 aromatic carbocycles. The molecule has 2 nitrogen and oxygen atoms in total. The van der Waals surface area contributed by atoms with Gasteiger partial charge in [0.25, 0.3) is 0 Å². The van der Waals surface area contributed by atoms with E-state index in [9.17, 15) is 0 Å². The summed E-state index contributed by atoms with van der Waals surface area (Å²) in [6.07, 6.45) is 0. The van der Waals surface area contributed by atoms with Crippen LogP contribution in [0.3, 0.4) is 0 Å². The highest BCUT2D eigenvalue weighted by Crippen LogP contribution is 2.05. The maximum absolute atomic E-state index is 5.41. The minimum atomic E-state index is -0.0307. The van der Waals surface area contributed by atoms with Crippen LogP contribution in [0.15, 0.2) is 0 Å². The van der Waals surface area contributed by atoms with Gasteiger partial charge in [-0.3, -0.25) is 0 Å². The van der Waals surface area contributed by atoms with E-state index in [0.29, 0.717) is 13.2 Å². The Morgan fingerprint density at radius 1 is 1.10 bits per heavy atom. The van der Waals surface area contributed by atoms with Crippen molar-refractivity contribution < 1.29 is 9.47 Å². The first-order valence-corrected chi connectivity index (χ1v) is 3.78.